The molecular formula is C47H48F3NO14. The Labute approximate surface area is 370 Å². The van der Waals surface area contributed by atoms with Crippen LogP contribution in [0.15, 0.2) is 83.9 Å². The number of nitrogens with one attached hydrogen (secondary N) is 1. The number of Topliss-reactive ketones (excluding diaryl/α,β-unsaturated/α-hetero) is 1. The minimum Gasteiger partial charge on any atom is -0.456 e. The summed E-state index contributed by atoms with van der Waals surface area (Å²) in [5.74, 6) is -13.4. The summed E-state index contributed by atoms with van der Waals surface area (Å²) in [6.07, 6.45) is -12.1. The number of rotatable bonds is 10. The Balaban J connectivity index is 1.41. The summed E-state index contributed by atoms with van der Waals surface area (Å²) in [5.41, 5.74) is -9.73. The van der Waals surface area contributed by atoms with Crippen molar-refractivity contribution in [2.75, 3.05) is 6.61 Å². The number of carbonyl (C=O) groups excluding carboxylic acids is 6. The second kappa shape index (κ2) is 17.1. The molecule has 3 aromatic rings. The molecule has 11 atom stereocenters. The summed E-state index contributed by atoms with van der Waals surface area (Å²) >= 11 is 0. The zero-order valence-corrected chi connectivity index (χ0v) is 36.1. The van der Waals surface area contributed by atoms with E-state index in [1.165, 1.54) is 39.8 Å². The van der Waals surface area contributed by atoms with Crippen LogP contribution in [-0.4, -0.2) is 105 Å². The number of carbonyl (C=O) groups is 6. The Morgan fingerprint density at radius 3 is 2.06 bits per heavy atom. The molecule has 18 heteroatoms. The maximum Gasteiger partial charge on any atom is 0.341 e. The molecule has 0 spiro atoms. The summed E-state index contributed by atoms with van der Waals surface area (Å²) in [6.45, 7) is 6.95. The molecule has 3 fully saturated rings. The largest absolute Gasteiger partial charge is 0.456 e. The van der Waals surface area contributed by atoms with E-state index in [2.05, 4.69) is 5.32 Å². The summed E-state index contributed by atoms with van der Waals surface area (Å²) in [5, 5.41) is 40.0. The van der Waals surface area contributed by atoms with Crippen molar-refractivity contribution in [3.63, 3.8) is 0 Å². The van der Waals surface area contributed by atoms with Crippen molar-refractivity contribution in [3.05, 3.63) is 118 Å². The van der Waals surface area contributed by atoms with E-state index in [4.69, 9.17) is 23.7 Å². The Morgan fingerprint density at radius 1 is 0.862 bits per heavy atom. The zero-order chi connectivity index (χ0) is 47.6. The minimum atomic E-state index is -2.70. The van der Waals surface area contributed by atoms with E-state index >= 15 is 9.18 Å². The van der Waals surface area contributed by atoms with E-state index in [0.29, 0.717) is 0 Å². The number of ether oxygens (including phenoxy) is 5. The third-order valence-electron chi connectivity index (χ3n) is 13.7. The molecule has 3 aliphatic carbocycles. The Bertz CT molecular complexity index is 2470. The maximum absolute atomic E-state index is 15.5. The van der Waals surface area contributed by atoms with Gasteiger partial charge in [-0.25, -0.2) is 22.8 Å². The molecule has 4 aliphatic rings. The highest BCUT2D eigenvalue weighted by Gasteiger charge is 2.78. The average molecular weight is 908 g/mol. The van der Waals surface area contributed by atoms with Crippen LogP contribution in [0.5, 0.6) is 0 Å². The number of amides is 1. The molecule has 0 unspecified atom stereocenters. The topological polar surface area (TPSA) is 221 Å². The molecule has 0 aromatic heterocycles. The summed E-state index contributed by atoms with van der Waals surface area (Å²) in [4.78, 5) is 83.4. The van der Waals surface area contributed by atoms with Gasteiger partial charge in [0.1, 0.15) is 29.7 Å². The normalized spacial score (nSPS) is 31.0. The average Bonchev–Trinajstić information content (AvgIpc) is 3.25. The summed E-state index contributed by atoms with van der Waals surface area (Å²) < 4.78 is 73.6. The molecular weight excluding hydrogens is 860 g/mol. The van der Waals surface area contributed by atoms with E-state index < -0.39 is 142 Å². The molecule has 1 amide bonds. The second-order valence-electron chi connectivity index (χ2n) is 17.7. The fourth-order valence-electron chi connectivity index (χ4n) is 10.3. The summed E-state index contributed by atoms with van der Waals surface area (Å²) in [7, 11) is 0. The van der Waals surface area contributed by atoms with Gasteiger partial charge in [-0.05, 0) is 48.8 Å². The lowest BCUT2D eigenvalue weighted by atomic mass is 9.44. The van der Waals surface area contributed by atoms with E-state index in [1.54, 1.807) is 48.5 Å². The number of hydrogen-bond donors (Lipinski definition) is 4. The lowest BCUT2D eigenvalue weighted by Crippen LogP contribution is -2.82. The van der Waals surface area contributed by atoms with Gasteiger partial charge in [-0.2, -0.15) is 0 Å². The van der Waals surface area contributed by atoms with Gasteiger partial charge in [0.25, 0.3) is 5.91 Å². The minimum absolute atomic E-state index is 0.0213. The first kappa shape index (κ1) is 47.0. The SMILES string of the molecule is CC(=O)O[C@H]1C(=O)[C@@]2(C)[C@H]([C@H](OC(=O)c3cc(F)c(F)cc3F)[C@]3(O)C[C@H](OC(=O)[C@H](O)[C@@H](NC(=O)c4ccccc4)c4ccccc4)C(C)=C1C3(C)C)[C@]1(OC(C)=O)CO[C@@H]1C[C@@H]2O. The van der Waals surface area contributed by atoms with Crippen molar-refractivity contribution in [1.29, 1.82) is 0 Å². The molecule has 1 aliphatic heterocycles. The predicted octanol–water partition coefficient (Wildman–Crippen LogP) is 4.15. The van der Waals surface area contributed by atoms with E-state index in [-0.39, 0.29) is 40.8 Å². The van der Waals surface area contributed by atoms with Crippen LogP contribution in [-0.2, 0) is 42.9 Å². The highest BCUT2D eigenvalue weighted by Crippen LogP contribution is 2.64. The Kier molecular flexibility index (Phi) is 12.4. The first-order valence-electron chi connectivity index (χ1n) is 20.8. The van der Waals surface area contributed by atoms with Gasteiger partial charge in [0.05, 0.1) is 35.6 Å². The lowest BCUT2D eigenvalue weighted by molar-refractivity contribution is -0.346. The fraction of sp³-hybridized carbons (Fsp3) is 0.447. The van der Waals surface area contributed by atoms with Gasteiger partial charge in [-0.1, -0.05) is 62.4 Å². The van der Waals surface area contributed by atoms with E-state index in [1.807, 2.05) is 0 Å². The number of aliphatic hydroxyl groups is 3. The zero-order valence-electron chi connectivity index (χ0n) is 36.1. The van der Waals surface area contributed by atoms with Crippen LogP contribution in [0, 0.1) is 34.2 Å². The molecule has 4 N–H and O–H groups in total. The number of fused-ring (bicyclic) bond motifs is 5. The third kappa shape index (κ3) is 7.79. The van der Waals surface area contributed by atoms with Gasteiger partial charge >= 0.3 is 23.9 Å². The van der Waals surface area contributed by atoms with E-state index in [9.17, 15) is 48.1 Å². The van der Waals surface area contributed by atoms with E-state index in [0.717, 1.165) is 13.8 Å². The smallest absolute Gasteiger partial charge is 0.341 e. The quantitative estimate of drug-likeness (QED) is 0.0972. The maximum atomic E-state index is 15.5. The molecule has 65 heavy (non-hydrogen) atoms. The Hall–Kier alpha value is -5.95. The number of hydrogen-bond acceptors (Lipinski definition) is 14. The van der Waals surface area contributed by atoms with Gasteiger partial charge in [0, 0.05) is 43.7 Å². The third-order valence-corrected chi connectivity index (χ3v) is 13.7. The summed E-state index contributed by atoms with van der Waals surface area (Å²) in [6, 6.07) is 14.8. The van der Waals surface area contributed by atoms with Crippen molar-refractivity contribution >= 4 is 35.6 Å². The predicted molar refractivity (Wildman–Crippen MR) is 218 cm³/mol. The van der Waals surface area contributed by atoms with Crippen molar-refractivity contribution in [1.82, 2.24) is 5.32 Å². The van der Waals surface area contributed by atoms with Crippen molar-refractivity contribution < 1.29 is 80.9 Å². The molecule has 15 nitrogen and oxygen atoms in total. The highest BCUT2D eigenvalue weighted by molar-refractivity contribution is 5.96. The molecule has 1 saturated heterocycles. The first-order chi connectivity index (χ1) is 30.5. The van der Waals surface area contributed by atoms with Crippen LogP contribution in [0.2, 0.25) is 0 Å². The van der Waals surface area contributed by atoms with Crippen LogP contribution < -0.4 is 5.32 Å². The monoisotopic (exact) mass is 907 g/mol. The molecule has 7 rings (SSSR count). The van der Waals surface area contributed by atoms with Crippen LogP contribution in [0.4, 0.5) is 13.2 Å². The molecule has 0 radical (unpaired) electrons. The number of esters is 4. The molecule has 1 heterocycles. The highest BCUT2D eigenvalue weighted by atomic mass is 19.2. The molecule has 2 bridgehead atoms. The van der Waals surface area contributed by atoms with Gasteiger partial charge in [-0.3, -0.25) is 19.2 Å². The second-order valence-corrected chi connectivity index (χ2v) is 17.7. The number of benzene rings is 3. The van der Waals surface area contributed by atoms with Gasteiger partial charge in [0.15, 0.2) is 35.2 Å². The number of aliphatic hydroxyl groups excluding tert-OH is 2. The van der Waals surface area contributed by atoms with Crippen molar-refractivity contribution in [2.24, 2.45) is 16.7 Å². The Morgan fingerprint density at radius 2 is 1.48 bits per heavy atom. The van der Waals surface area contributed by atoms with Gasteiger partial charge in [-0.15, -0.1) is 0 Å². The standard InChI is InChI=1S/C47H48F3NO14/c1-22-31(63-43(59)36(55)35(25-13-9-7-10-14-25)51-41(57)26-15-11-8-12-16-26)20-47(60)40(64-42(58)27-17-29(49)30(50)18-28(27)48)38-45(6,32(54)19-33-46(38,21-61-33)65-24(3)53)39(56)37(62-23(2)52)34(22)44(47,4)5/h7-18,31-33,35-38,40,54-55,60H,19-21H2,1-6H3,(H,51,57)/t31-,32-,33+,35-,36+,37+,38-,40-,45+,46-,47+/m0/s1. The fourth-order valence-corrected chi connectivity index (χ4v) is 10.3. The van der Waals surface area contributed by atoms with Crippen LogP contribution >= 0.6 is 0 Å². The van der Waals surface area contributed by atoms with Gasteiger partial charge < -0.3 is 44.3 Å². The van der Waals surface area contributed by atoms with Crippen LogP contribution in [0.1, 0.15) is 86.7 Å². The first-order valence-corrected chi connectivity index (χ1v) is 20.8. The van der Waals surface area contributed by atoms with Crippen molar-refractivity contribution in [2.45, 2.75) is 108 Å². The number of ketones is 1. The van der Waals surface area contributed by atoms with Crippen LogP contribution in [0.25, 0.3) is 0 Å². The number of halogens is 3. The molecule has 3 aromatic carbocycles. The van der Waals surface area contributed by atoms with Crippen LogP contribution in [0.3, 0.4) is 0 Å². The van der Waals surface area contributed by atoms with Crippen molar-refractivity contribution in [3.8, 4) is 0 Å². The molecule has 2 saturated carbocycles. The van der Waals surface area contributed by atoms with Gasteiger partial charge in [0.2, 0.25) is 0 Å². The molecule has 346 valence electrons. The lowest BCUT2D eigenvalue weighted by Gasteiger charge is -2.67.